The highest BCUT2D eigenvalue weighted by molar-refractivity contribution is 5.91. The van der Waals surface area contributed by atoms with Crippen LogP contribution >= 0.6 is 0 Å². The quantitative estimate of drug-likeness (QED) is 0.656. The highest BCUT2D eigenvalue weighted by Crippen LogP contribution is 2.08. The van der Waals surface area contributed by atoms with Gasteiger partial charge in [0.1, 0.15) is 5.69 Å². The maximum atomic E-state index is 11.8. The molecule has 0 aromatic carbocycles. The third-order valence-electron chi connectivity index (χ3n) is 2.22. The molecule has 86 valence electrons. The van der Waals surface area contributed by atoms with Gasteiger partial charge in [0.05, 0.1) is 6.61 Å². The number of aromatic nitrogens is 2. The smallest absolute Gasteiger partial charge is 0.303 e. The summed E-state index contributed by atoms with van der Waals surface area (Å²) in [5, 5.41) is 1.16. The van der Waals surface area contributed by atoms with Gasteiger partial charge < -0.3 is 4.98 Å². The van der Waals surface area contributed by atoms with Gasteiger partial charge >= 0.3 is 5.69 Å². The molecule has 0 saturated carbocycles. The Kier molecular flexibility index (Phi) is 2.86. The van der Waals surface area contributed by atoms with Crippen LogP contribution < -0.4 is 11.2 Å². The van der Waals surface area contributed by atoms with Crippen LogP contribution in [0.5, 0.6) is 0 Å². The summed E-state index contributed by atoms with van der Waals surface area (Å²) in [7, 11) is 0. The van der Waals surface area contributed by atoms with Crippen molar-refractivity contribution in [3.8, 4) is 0 Å². The van der Waals surface area contributed by atoms with Crippen LogP contribution in [-0.2, 0) is 4.84 Å². The van der Waals surface area contributed by atoms with Gasteiger partial charge in [-0.05, 0) is 12.8 Å². The van der Waals surface area contributed by atoms with Crippen molar-refractivity contribution in [1.29, 1.82) is 0 Å². The van der Waals surface area contributed by atoms with Gasteiger partial charge in [-0.25, -0.2) is 9.86 Å². The van der Waals surface area contributed by atoms with E-state index in [1.807, 2.05) is 4.98 Å². The molecule has 1 aromatic rings. The van der Waals surface area contributed by atoms with Crippen molar-refractivity contribution in [2.45, 2.75) is 12.8 Å². The number of nitrogens with zero attached hydrogens (tertiary/aromatic N) is 1. The minimum Gasteiger partial charge on any atom is -0.303 e. The molecule has 2 N–H and O–H groups in total. The van der Waals surface area contributed by atoms with E-state index in [0.29, 0.717) is 13.2 Å². The van der Waals surface area contributed by atoms with Gasteiger partial charge in [-0.3, -0.25) is 19.4 Å². The van der Waals surface area contributed by atoms with Crippen LogP contribution in [0.15, 0.2) is 15.7 Å². The van der Waals surface area contributed by atoms with Crippen molar-refractivity contribution in [2.24, 2.45) is 0 Å². The first-order valence-electron chi connectivity index (χ1n) is 4.95. The molecule has 0 aliphatic carbocycles. The molecule has 1 saturated heterocycles. The lowest BCUT2D eigenvalue weighted by Crippen LogP contribution is -2.38. The number of aromatic amines is 2. The molecule has 16 heavy (non-hydrogen) atoms. The van der Waals surface area contributed by atoms with Crippen molar-refractivity contribution in [2.75, 3.05) is 13.2 Å². The molecule has 7 nitrogen and oxygen atoms in total. The number of hydroxylamine groups is 2. The minimum absolute atomic E-state index is 0.0596. The van der Waals surface area contributed by atoms with Gasteiger partial charge in [-0.15, -0.1) is 0 Å². The Balaban J connectivity index is 2.26. The van der Waals surface area contributed by atoms with E-state index in [1.54, 1.807) is 0 Å². The SMILES string of the molecule is O=C(c1cc(=O)[nH]c(=O)[nH]1)N1CCCCO1. The highest BCUT2D eigenvalue weighted by Gasteiger charge is 2.20. The van der Waals surface area contributed by atoms with Gasteiger partial charge in [-0.1, -0.05) is 0 Å². The number of rotatable bonds is 1. The standard InChI is InChI=1S/C9H11N3O4/c13-7-5-6(10-9(15)11-7)8(14)12-3-1-2-4-16-12/h5H,1-4H2,(H2,10,11,13,15). The Morgan fingerprint density at radius 2 is 2.12 bits per heavy atom. The number of amides is 1. The molecule has 2 heterocycles. The lowest BCUT2D eigenvalue weighted by atomic mass is 10.3. The first-order valence-corrected chi connectivity index (χ1v) is 4.95. The van der Waals surface area contributed by atoms with Crippen LogP contribution in [0.2, 0.25) is 0 Å². The molecular formula is C9H11N3O4. The molecule has 0 unspecified atom stereocenters. The number of H-pyrrole nitrogens is 2. The first-order chi connectivity index (χ1) is 7.66. The van der Waals surface area contributed by atoms with Crippen molar-refractivity contribution < 1.29 is 9.63 Å². The third-order valence-corrected chi connectivity index (χ3v) is 2.22. The van der Waals surface area contributed by atoms with E-state index in [0.717, 1.165) is 24.0 Å². The molecular weight excluding hydrogens is 214 g/mol. The lowest BCUT2D eigenvalue weighted by molar-refractivity contribution is -0.144. The van der Waals surface area contributed by atoms with Crippen LogP contribution in [0.3, 0.4) is 0 Å². The first kappa shape index (κ1) is 10.6. The Morgan fingerprint density at radius 1 is 1.31 bits per heavy atom. The van der Waals surface area contributed by atoms with E-state index in [2.05, 4.69) is 4.98 Å². The summed E-state index contributed by atoms with van der Waals surface area (Å²) >= 11 is 0. The number of hydrogen-bond donors (Lipinski definition) is 2. The largest absolute Gasteiger partial charge is 0.326 e. The van der Waals surface area contributed by atoms with Crippen molar-refractivity contribution in [1.82, 2.24) is 15.0 Å². The third kappa shape index (κ3) is 2.19. The normalized spacial score (nSPS) is 16.1. The zero-order chi connectivity index (χ0) is 11.5. The van der Waals surface area contributed by atoms with Gasteiger partial charge in [0.25, 0.3) is 11.5 Å². The Hall–Kier alpha value is -1.89. The molecule has 1 aliphatic heterocycles. The minimum atomic E-state index is -0.701. The highest BCUT2D eigenvalue weighted by atomic mass is 16.7. The maximum absolute atomic E-state index is 11.8. The topological polar surface area (TPSA) is 95.3 Å². The summed E-state index contributed by atoms with van der Waals surface area (Å²) in [5.41, 5.74) is -1.37. The van der Waals surface area contributed by atoms with Crippen LogP contribution in [-0.4, -0.2) is 34.1 Å². The van der Waals surface area contributed by atoms with Gasteiger partial charge in [0.15, 0.2) is 0 Å². The predicted octanol–water partition coefficient (Wildman–Crippen LogP) is -0.769. The predicted molar refractivity (Wildman–Crippen MR) is 53.9 cm³/mol. The Labute approximate surface area is 90.0 Å². The fourth-order valence-corrected chi connectivity index (χ4v) is 1.48. The van der Waals surface area contributed by atoms with E-state index in [-0.39, 0.29) is 5.69 Å². The molecule has 0 bridgehead atoms. The summed E-state index contributed by atoms with van der Waals surface area (Å²) in [6.45, 7) is 0.937. The zero-order valence-corrected chi connectivity index (χ0v) is 8.49. The van der Waals surface area contributed by atoms with Crippen molar-refractivity contribution in [3.63, 3.8) is 0 Å². The second-order valence-corrected chi connectivity index (χ2v) is 3.45. The second-order valence-electron chi connectivity index (χ2n) is 3.45. The number of hydrogen-bond acceptors (Lipinski definition) is 4. The molecule has 1 aliphatic rings. The number of nitrogens with one attached hydrogen (secondary N) is 2. The van der Waals surface area contributed by atoms with Crippen LogP contribution in [0.4, 0.5) is 0 Å². The summed E-state index contributed by atoms with van der Waals surface area (Å²) in [5.74, 6) is -0.497. The fraction of sp³-hybridized carbons (Fsp3) is 0.444. The average molecular weight is 225 g/mol. The van der Waals surface area contributed by atoms with E-state index in [4.69, 9.17) is 4.84 Å². The van der Waals surface area contributed by atoms with Gasteiger partial charge in [0, 0.05) is 12.6 Å². The fourth-order valence-electron chi connectivity index (χ4n) is 1.48. The summed E-state index contributed by atoms with van der Waals surface area (Å²) in [6, 6.07) is 1.04. The Morgan fingerprint density at radius 3 is 2.75 bits per heavy atom. The van der Waals surface area contributed by atoms with E-state index in [1.165, 1.54) is 0 Å². The molecule has 0 atom stereocenters. The van der Waals surface area contributed by atoms with Gasteiger partial charge in [0.2, 0.25) is 0 Å². The van der Waals surface area contributed by atoms with Crippen molar-refractivity contribution >= 4 is 5.91 Å². The number of carbonyl (C=O) groups is 1. The van der Waals surface area contributed by atoms with E-state index in [9.17, 15) is 14.4 Å². The molecule has 1 amide bonds. The molecule has 2 rings (SSSR count). The molecule has 1 fully saturated rings. The average Bonchev–Trinajstić information content (AvgIpc) is 2.28. The molecule has 1 aromatic heterocycles. The summed E-state index contributed by atoms with van der Waals surface area (Å²) < 4.78 is 0. The molecule has 7 heteroatoms. The van der Waals surface area contributed by atoms with E-state index < -0.39 is 17.2 Å². The van der Waals surface area contributed by atoms with Crippen LogP contribution in [0, 0.1) is 0 Å². The Bertz CT molecular complexity index is 470. The molecule has 0 radical (unpaired) electrons. The lowest BCUT2D eigenvalue weighted by Gasteiger charge is -2.25. The second kappa shape index (κ2) is 4.31. The summed E-state index contributed by atoms with van der Waals surface area (Å²) in [4.78, 5) is 43.1. The monoisotopic (exact) mass is 225 g/mol. The van der Waals surface area contributed by atoms with E-state index >= 15 is 0 Å². The van der Waals surface area contributed by atoms with Gasteiger partial charge in [-0.2, -0.15) is 0 Å². The van der Waals surface area contributed by atoms with Crippen LogP contribution in [0.25, 0.3) is 0 Å². The number of carbonyl (C=O) groups excluding carboxylic acids is 1. The zero-order valence-electron chi connectivity index (χ0n) is 8.49. The maximum Gasteiger partial charge on any atom is 0.326 e. The van der Waals surface area contributed by atoms with Crippen molar-refractivity contribution in [3.05, 3.63) is 32.6 Å². The molecule has 0 spiro atoms. The summed E-state index contributed by atoms with van der Waals surface area (Å²) in [6.07, 6.45) is 1.74. The van der Waals surface area contributed by atoms with Crippen LogP contribution in [0.1, 0.15) is 23.3 Å².